The zero-order chi connectivity index (χ0) is 13.2. The molecule has 0 spiro atoms. The SMILES string of the molecule is Fc1ccc(Oc2ccc3cc(Br)ccc3c2)nc1. The van der Waals surface area contributed by atoms with Crippen LogP contribution in [0.15, 0.2) is 59.2 Å². The Morgan fingerprint density at radius 1 is 0.947 bits per heavy atom. The van der Waals surface area contributed by atoms with Crippen LogP contribution in [0.2, 0.25) is 0 Å². The van der Waals surface area contributed by atoms with E-state index in [1.807, 2.05) is 36.4 Å². The molecule has 4 heteroatoms. The fraction of sp³-hybridized carbons (Fsp3) is 0. The lowest BCUT2D eigenvalue weighted by atomic mass is 10.1. The quantitative estimate of drug-likeness (QED) is 0.668. The Hall–Kier alpha value is -1.94. The molecule has 0 radical (unpaired) electrons. The van der Waals surface area contributed by atoms with Crippen molar-refractivity contribution in [2.24, 2.45) is 0 Å². The van der Waals surface area contributed by atoms with Gasteiger partial charge >= 0.3 is 0 Å². The second kappa shape index (κ2) is 4.97. The van der Waals surface area contributed by atoms with Crippen LogP contribution in [0.4, 0.5) is 4.39 Å². The smallest absolute Gasteiger partial charge is 0.219 e. The van der Waals surface area contributed by atoms with Crippen LogP contribution in [0.3, 0.4) is 0 Å². The summed E-state index contributed by atoms with van der Waals surface area (Å²) < 4.78 is 19.4. The van der Waals surface area contributed by atoms with Crippen molar-refractivity contribution in [3.8, 4) is 11.6 Å². The van der Waals surface area contributed by atoms with Crippen LogP contribution in [0.5, 0.6) is 11.6 Å². The minimum absolute atomic E-state index is 0.373. The number of hydrogen-bond acceptors (Lipinski definition) is 2. The number of benzene rings is 2. The summed E-state index contributed by atoms with van der Waals surface area (Å²) in [6.45, 7) is 0. The van der Waals surface area contributed by atoms with Crippen LogP contribution < -0.4 is 4.74 Å². The highest BCUT2D eigenvalue weighted by Crippen LogP contribution is 2.26. The lowest BCUT2D eigenvalue weighted by Crippen LogP contribution is -1.88. The highest BCUT2D eigenvalue weighted by molar-refractivity contribution is 9.10. The lowest BCUT2D eigenvalue weighted by Gasteiger charge is -2.06. The van der Waals surface area contributed by atoms with E-state index >= 15 is 0 Å². The molecular formula is C15H9BrFNO. The van der Waals surface area contributed by atoms with Gasteiger partial charge in [0.2, 0.25) is 5.88 Å². The molecule has 0 bridgehead atoms. The summed E-state index contributed by atoms with van der Waals surface area (Å²) in [6, 6.07) is 14.6. The van der Waals surface area contributed by atoms with Crippen molar-refractivity contribution < 1.29 is 9.13 Å². The van der Waals surface area contributed by atoms with Crippen LogP contribution in [0.25, 0.3) is 10.8 Å². The van der Waals surface area contributed by atoms with Crippen LogP contribution in [-0.2, 0) is 0 Å². The molecule has 3 rings (SSSR count). The normalized spacial score (nSPS) is 10.6. The molecule has 2 nitrogen and oxygen atoms in total. The Morgan fingerprint density at radius 2 is 1.74 bits per heavy atom. The summed E-state index contributed by atoms with van der Waals surface area (Å²) in [5.74, 6) is 0.669. The number of ether oxygens (including phenoxy) is 1. The molecule has 0 amide bonds. The molecule has 0 unspecified atom stereocenters. The standard InChI is InChI=1S/C15H9BrFNO/c16-12-3-1-11-8-14(5-2-10(11)7-12)19-15-6-4-13(17)9-18-15/h1-9H. The molecule has 0 aliphatic carbocycles. The van der Waals surface area contributed by atoms with Gasteiger partial charge in [-0.15, -0.1) is 0 Å². The van der Waals surface area contributed by atoms with E-state index < -0.39 is 0 Å². The van der Waals surface area contributed by atoms with E-state index in [1.165, 1.54) is 12.1 Å². The van der Waals surface area contributed by atoms with Gasteiger partial charge in [-0.1, -0.05) is 28.1 Å². The maximum atomic E-state index is 12.7. The van der Waals surface area contributed by atoms with E-state index in [0.717, 1.165) is 21.4 Å². The van der Waals surface area contributed by atoms with Gasteiger partial charge in [-0.25, -0.2) is 9.37 Å². The van der Waals surface area contributed by atoms with E-state index in [4.69, 9.17) is 4.74 Å². The first kappa shape index (κ1) is 12.1. The first-order valence-electron chi connectivity index (χ1n) is 5.69. The van der Waals surface area contributed by atoms with Crippen molar-refractivity contribution >= 4 is 26.7 Å². The molecule has 94 valence electrons. The number of hydrogen-bond donors (Lipinski definition) is 0. The first-order valence-corrected chi connectivity index (χ1v) is 6.49. The van der Waals surface area contributed by atoms with Gasteiger partial charge in [-0.3, -0.25) is 0 Å². The largest absolute Gasteiger partial charge is 0.439 e. The maximum Gasteiger partial charge on any atom is 0.219 e. The Bertz CT molecular complexity index is 728. The summed E-state index contributed by atoms with van der Waals surface area (Å²) >= 11 is 3.43. The molecule has 19 heavy (non-hydrogen) atoms. The molecule has 0 aliphatic heterocycles. The highest BCUT2D eigenvalue weighted by atomic mass is 79.9. The molecular weight excluding hydrogens is 309 g/mol. The van der Waals surface area contributed by atoms with Crippen LogP contribution in [-0.4, -0.2) is 4.98 Å². The molecule has 0 fully saturated rings. The van der Waals surface area contributed by atoms with Gasteiger partial charge in [-0.05, 0) is 41.1 Å². The predicted octanol–water partition coefficient (Wildman–Crippen LogP) is 4.93. The van der Waals surface area contributed by atoms with Crippen molar-refractivity contribution in [2.45, 2.75) is 0 Å². The third-order valence-corrected chi connectivity index (χ3v) is 3.19. The number of aromatic nitrogens is 1. The molecule has 0 N–H and O–H groups in total. The second-order valence-electron chi connectivity index (χ2n) is 4.07. The second-order valence-corrected chi connectivity index (χ2v) is 4.99. The average Bonchev–Trinajstić information content (AvgIpc) is 2.42. The van der Waals surface area contributed by atoms with Crippen LogP contribution in [0, 0.1) is 5.82 Å². The molecule has 0 aliphatic rings. The summed E-state index contributed by atoms with van der Waals surface area (Å²) in [4.78, 5) is 3.86. The fourth-order valence-corrected chi connectivity index (χ4v) is 2.18. The van der Waals surface area contributed by atoms with Crippen LogP contribution >= 0.6 is 15.9 Å². The summed E-state index contributed by atoms with van der Waals surface area (Å²) in [7, 11) is 0. The minimum Gasteiger partial charge on any atom is -0.439 e. The highest BCUT2D eigenvalue weighted by Gasteiger charge is 2.01. The van der Waals surface area contributed by atoms with Crippen molar-refractivity contribution in [3.63, 3.8) is 0 Å². The summed E-state index contributed by atoms with van der Waals surface area (Å²) in [6.07, 6.45) is 1.13. The Balaban J connectivity index is 1.93. The zero-order valence-corrected chi connectivity index (χ0v) is 11.4. The predicted molar refractivity (Wildman–Crippen MR) is 75.9 cm³/mol. The molecule has 1 heterocycles. The van der Waals surface area contributed by atoms with Gasteiger partial charge in [0, 0.05) is 10.5 Å². The minimum atomic E-state index is -0.379. The number of halogens is 2. The monoisotopic (exact) mass is 317 g/mol. The molecule has 0 atom stereocenters. The average molecular weight is 318 g/mol. The number of nitrogens with zero attached hydrogens (tertiary/aromatic N) is 1. The summed E-state index contributed by atoms with van der Waals surface area (Å²) in [5.41, 5.74) is 0. The molecule has 2 aromatic carbocycles. The molecule has 3 aromatic rings. The molecule has 0 saturated carbocycles. The van der Waals surface area contributed by atoms with E-state index in [2.05, 4.69) is 20.9 Å². The van der Waals surface area contributed by atoms with E-state index in [-0.39, 0.29) is 5.82 Å². The van der Waals surface area contributed by atoms with Crippen molar-refractivity contribution in [3.05, 3.63) is 65.0 Å². The zero-order valence-electron chi connectivity index (χ0n) is 9.81. The van der Waals surface area contributed by atoms with Gasteiger partial charge in [0.15, 0.2) is 0 Å². The van der Waals surface area contributed by atoms with Gasteiger partial charge in [-0.2, -0.15) is 0 Å². The number of pyridine rings is 1. The van der Waals surface area contributed by atoms with Crippen molar-refractivity contribution in [2.75, 3.05) is 0 Å². The van der Waals surface area contributed by atoms with E-state index in [0.29, 0.717) is 11.6 Å². The van der Waals surface area contributed by atoms with Gasteiger partial charge in [0.1, 0.15) is 11.6 Å². The first-order chi connectivity index (χ1) is 9.20. The Labute approximate surface area is 118 Å². The van der Waals surface area contributed by atoms with E-state index in [9.17, 15) is 4.39 Å². The maximum absolute atomic E-state index is 12.7. The fourth-order valence-electron chi connectivity index (χ4n) is 1.80. The van der Waals surface area contributed by atoms with E-state index in [1.54, 1.807) is 0 Å². The number of rotatable bonds is 2. The topological polar surface area (TPSA) is 22.1 Å². The third kappa shape index (κ3) is 2.74. The molecule has 1 aromatic heterocycles. The lowest BCUT2D eigenvalue weighted by molar-refractivity contribution is 0.460. The van der Waals surface area contributed by atoms with Crippen LogP contribution in [0.1, 0.15) is 0 Å². The molecule has 0 saturated heterocycles. The van der Waals surface area contributed by atoms with Gasteiger partial charge in [0.05, 0.1) is 6.20 Å². The third-order valence-electron chi connectivity index (χ3n) is 2.70. The Kier molecular flexibility index (Phi) is 3.17. The van der Waals surface area contributed by atoms with Crippen molar-refractivity contribution in [1.29, 1.82) is 0 Å². The Morgan fingerprint density at radius 3 is 2.53 bits per heavy atom. The van der Waals surface area contributed by atoms with Gasteiger partial charge in [0.25, 0.3) is 0 Å². The van der Waals surface area contributed by atoms with Gasteiger partial charge < -0.3 is 4.74 Å². The summed E-state index contributed by atoms with van der Waals surface area (Å²) in [5, 5.41) is 2.19. The number of fused-ring (bicyclic) bond motifs is 1. The van der Waals surface area contributed by atoms with Crippen molar-refractivity contribution in [1.82, 2.24) is 4.98 Å².